The molecule has 0 saturated carbocycles. The molecule has 19 heteroatoms. The van der Waals surface area contributed by atoms with Crippen molar-refractivity contribution in [2.45, 2.75) is 69.5 Å². The minimum atomic E-state index is -1.07. The Labute approximate surface area is 362 Å². The first kappa shape index (κ1) is 47.5. The highest BCUT2D eigenvalue weighted by atomic mass is 35.5. The summed E-state index contributed by atoms with van der Waals surface area (Å²) in [7, 11) is 0. The minimum Gasteiger partial charge on any atom is -0.490 e. The number of oxazole rings is 1. The van der Waals surface area contributed by atoms with Crippen molar-refractivity contribution in [3.8, 4) is 40.5 Å². The number of nitrogens with two attached hydrogens (primary N) is 3. The van der Waals surface area contributed by atoms with Gasteiger partial charge in [0.05, 0.1) is 36.2 Å². The summed E-state index contributed by atoms with van der Waals surface area (Å²) in [6.45, 7) is 6.52. The Kier molecular flexibility index (Phi) is 17.9. The Bertz CT molecular complexity index is 2240. The van der Waals surface area contributed by atoms with Crippen LogP contribution in [0.3, 0.4) is 0 Å². The molecule has 2 aromatic heterocycles. The monoisotopic (exact) mass is 873 g/mol. The Morgan fingerprint density at radius 3 is 1.97 bits per heavy atom. The Morgan fingerprint density at radius 1 is 0.820 bits per heavy atom. The van der Waals surface area contributed by atoms with Gasteiger partial charge >= 0.3 is 11.9 Å². The number of benzene rings is 2. The summed E-state index contributed by atoms with van der Waals surface area (Å²) in [5, 5.41) is 26.4. The van der Waals surface area contributed by atoms with Gasteiger partial charge in [0.15, 0.2) is 6.10 Å². The smallest absolute Gasteiger partial charge is 0.308 e. The number of hydrogen-bond donors (Lipinski definition) is 5. The Hall–Kier alpha value is -6.18. The zero-order valence-corrected chi connectivity index (χ0v) is 35.7. The van der Waals surface area contributed by atoms with E-state index in [2.05, 4.69) is 32.7 Å². The third-order valence-corrected chi connectivity index (χ3v) is 10.3. The number of carbonyl (C=O) groups is 4. The van der Waals surface area contributed by atoms with E-state index in [9.17, 15) is 29.7 Å². The van der Waals surface area contributed by atoms with E-state index in [-0.39, 0.29) is 84.3 Å². The first-order chi connectivity index (χ1) is 29.1. The molecule has 0 radical (unpaired) electrons. The number of nitriles is 2. The van der Waals surface area contributed by atoms with Crippen LogP contribution in [0.15, 0.2) is 64.2 Å². The van der Waals surface area contributed by atoms with Crippen molar-refractivity contribution >= 4 is 52.9 Å². The summed E-state index contributed by atoms with van der Waals surface area (Å²) in [4.78, 5) is 58.6. The molecular formula is C42H48ClN9O8S. The summed E-state index contributed by atoms with van der Waals surface area (Å²) < 4.78 is 22.5. The molecule has 0 aliphatic carbocycles. The molecule has 2 aromatic carbocycles. The fourth-order valence-corrected chi connectivity index (χ4v) is 6.37. The van der Waals surface area contributed by atoms with E-state index in [4.69, 9.17) is 47.4 Å². The number of amides is 2. The number of halogens is 1. The van der Waals surface area contributed by atoms with Crippen LogP contribution in [0.5, 0.6) is 5.75 Å². The second-order valence-corrected chi connectivity index (χ2v) is 15.7. The SMILES string of the molecule is CC(C)[C@H](N)C(=O)NCCC(=O)OCC(COc1ccc(-c2c(C#N)c(N)nc(SCc3coc(-c4ccc(Cl)cc4)n3)c2C#N)cc1)OC(=O)CCNC(=O)[C@@H](N)C(C)C. The molecule has 17 nitrogen and oxygen atoms in total. The second-order valence-electron chi connectivity index (χ2n) is 14.3. The lowest BCUT2D eigenvalue weighted by molar-refractivity contribution is -0.160. The number of hydrogen-bond acceptors (Lipinski definition) is 16. The maximum absolute atomic E-state index is 12.8. The van der Waals surface area contributed by atoms with Gasteiger partial charge in [0.2, 0.25) is 17.7 Å². The van der Waals surface area contributed by atoms with Crippen molar-refractivity contribution in [3.05, 3.63) is 76.6 Å². The van der Waals surface area contributed by atoms with Gasteiger partial charge < -0.3 is 46.5 Å². The van der Waals surface area contributed by atoms with Crippen LogP contribution in [-0.4, -0.2) is 78.2 Å². The lowest BCUT2D eigenvalue weighted by Gasteiger charge is -2.20. The number of nitrogen functional groups attached to an aromatic ring is 1. The molecule has 2 heterocycles. The van der Waals surface area contributed by atoms with Crippen LogP contribution in [0, 0.1) is 34.5 Å². The summed E-state index contributed by atoms with van der Waals surface area (Å²) in [5.41, 5.74) is 20.2. The normalized spacial score (nSPS) is 12.4. The molecule has 0 fully saturated rings. The number of nitrogens with one attached hydrogen (secondary N) is 2. The Balaban J connectivity index is 1.44. The van der Waals surface area contributed by atoms with Gasteiger partial charge in [-0.15, -0.1) is 0 Å². The summed E-state index contributed by atoms with van der Waals surface area (Å²) in [6, 6.07) is 16.2. The average Bonchev–Trinajstić information content (AvgIpc) is 3.72. The number of carbonyl (C=O) groups excluding carboxylic acids is 4. The molecule has 3 atom stereocenters. The van der Waals surface area contributed by atoms with Gasteiger partial charge in [-0.1, -0.05) is 63.2 Å². The van der Waals surface area contributed by atoms with Gasteiger partial charge in [0.1, 0.15) is 53.8 Å². The highest BCUT2D eigenvalue weighted by Gasteiger charge is 2.24. The van der Waals surface area contributed by atoms with Gasteiger partial charge in [-0.25, -0.2) is 9.97 Å². The van der Waals surface area contributed by atoms with Crippen LogP contribution < -0.4 is 32.6 Å². The number of thioether (sulfide) groups is 1. The van der Waals surface area contributed by atoms with Crippen molar-refractivity contribution in [2.24, 2.45) is 23.3 Å². The zero-order chi connectivity index (χ0) is 44.6. The van der Waals surface area contributed by atoms with Crippen LogP contribution in [0.2, 0.25) is 5.02 Å². The van der Waals surface area contributed by atoms with Crippen molar-refractivity contribution in [1.29, 1.82) is 10.5 Å². The van der Waals surface area contributed by atoms with E-state index in [1.807, 2.05) is 0 Å². The molecule has 322 valence electrons. The van der Waals surface area contributed by atoms with Crippen LogP contribution in [0.25, 0.3) is 22.6 Å². The number of nitrogens with zero attached hydrogens (tertiary/aromatic N) is 4. The van der Waals surface area contributed by atoms with Crippen molar-refractivity contribution < 1.29 is 37.8 Å². The van der Waals surface area contributed by atoms with Crippen molar-refractivity contribution in [3.63, 3.8) is 0 Å². The fraction of sp³-hybridized carbons (Fsp3) is 0.381. The van der Waals surface area contributed by atoms with Gasteiger partial charge in [-0.3, -0.25) is 19.2 Å². The first-order valence-corrected chi connectivity index (χ1v) is 20.6. The van der Waals surface area contributed by atoms with Crippen molar-refractivity contribution in [2.75, 3.05) is 32.0 Å². The van der Waals surface area contributed by atoms with Crippen LogP contribution >= 0.6 is 23.4 Å². The lowest BCUT2D eigenvalue weighted by atomic mass is 9.97. The van der Waals surface area contributed by atoms with E-state index in [1.54, 1.807) is 76.2 Å². The van der Waals surface area contributed by atoms with Crippen LogP contribution in [0.1, 0.15) is 57.4 Å². The molecule has 1 unspecified atom stereocenters. The predicted octanol–water partition coefficient (Wildman–Crippen LogP) is 4.49. The molecule has 61 heavy (non-hydrogen) atoms. The zero-order valence-electron chi connectivity index (χ0n) is 34.1. The van der Waals surface area contributed by atoms with Gasteiger partial charge in [0, 0.05) is 35.0 Å². The standard InChI is InChI=1S/C42H48ClN9O8S/c1-23(2)36(46)39(55)49-15-13-33(53)58-21-30(60-34(54)14-16-50-40(56)37(47)24(3)4)20-57-29-11-7-25(8-12-29)35-31(17-44)38(48)52-42(32(35)18-45)61-22-28-19-59-41(51-28)26-5-9-27(43)10-6-26/h5-12,19,23-24,30,36-37H,13-16,20-22,46-47H2,1-4H3,(H2,48,52)(H,49,55)(H,50,56)/t30?,36-,37-/m0/s1. The molecular weight excluding hydrogens is 826 g/mol. The molecule has 2 amide bonds. The minimum absolute atomic E-state index is 0.0124. The number of rotatable bonds is 21. The Morgan fingerprint density at radius 2 is 1.39 bits per heavy atom. The summed E-state index contributed by atoms with van der Waals surface area (Å²) in [5.74, 6) is -1.46. The lowest BCUT2D eigenvalue weighted by Crippen LogP contribution is -2.44. The predicted molar refractivity (Wildman–Crippen MR) is 227 cm³/mol. The van der Waals surface area contributed by atoms with E-state index >= 15 is 0 Å². The first-order valence-electron chi connectivity index (χ1n) is 19.2. The molecule has 0 aliphatic heterocycles. The maximum atomic E-state index is 12.8. The molecule has 4 rings (SSSR count). The highest BCUT2D eigenvalue weighted by molar-refractivity contribution is 7.98. The molecule has 0 spiro atoms. The molecule has 0 aliphatic rings. The summed E-state index contributed by atoms with van der Waals surface area (Å²) >= 11 is 7.20. The third kappa shape index (κ3) is 13.9. The van der Waals surface area contributed by atoms with Gasteiger partial charge in [0.25, 0.3) is 0 Å². The number of esters is 2. The molecule has 0 saturated heterocycles. The molecule has 0 bridgehead atoms. The van der Waals surface area contributed by atoms with E-state index < -0.39 is 41.9 Å². The van der Waals surface area contributed by atoms with E-state index in [0.29, 0.717) is 27.9 Å². The molecule has 4 aromatic rings. The quantitative estimate of drug-likeness (QED) is 0.0569. The van der Waals surface area contributed by atoms with Gasteiger partial charge in [-0.05, 0) is 53.8 Å². The van der Waals surface area contributed by atoms with Crippen LogP contribution in [0.4, 0.5) is 5.82 Å². The van der Waals surface area contributed by atoms with Crippen molar-refractivity contribution in [1.82, 2.24) is 20.6 Å². The number of ether oxygens (including phenoxy) is 3. The van der Waals surface area contributed by atoms with Crippen LogP contribution in [-0.2, 0) is 34.4 Å². The number of pyridine rings is 1. The third-order valence-electron chi connectivity index (χ3n) is 9.02. The summed E-state index contributed by atoms with van der Waals surface area (Å²) in [6.07, 6.45) is 0.0691. The highest BCUT2D eigenvalue weighted by Crippen LogP contribution is 2.37. The average molecular weight is 874 g/mol. The topological polar surface area (TPSA) is 285 Å². The maximum Gasteiger partial charge on any atom is 0.308 e. The largest absolute Gasteiger partial charge is 0.490 e. The van der Waals surface area contributed by atoms with Gasteiger partial charge in [-0.2, -0.15) is 10.5 Å². The molecule has 8 N–H and O–H groups in total. The number of anilines is 1. The van der Waals surface area contributed by atoms with E-state index in [1.165, 1.54) is 18.0 Å². The fourth-order valence-electron chi connectivity index (χ4n) is 5.37. The van der Waals surface area contributed by atoms with E-state index in [0.717, 1.165) is 5.56 Å². The second kappa shape index (κ2) is 23.0. The number of aromatic nitrogens is 2.